The second-order valence-electron chi connectivity index (χ2n) is 7.29. The summed E-state index contributed by atoms with van der Waals surface area (Å²) in [5, 5.41) is 14.7. The first-order chi connectivity index (χ1) is 12.8. The van der Waals surface area contributed by atoms with E-state index in [0.29, 0.717) is 29.2 Å². The number of nitrogens with zero attached hydrogens (tertiary/aromatic N) is 4. The summed E-state index contributed by atoms with van der Waals surface area (Å²) in [6, 6.07) is 4.38. The lowest BCUT2D eigenvalue weighted by Gasteiger charge is -2.14. The Morgan fingerprint density at radius 3 is 2.59 bits per heavy atom. The number of aryl methyl sites for hydroxylation is 1. The van der Waals surface area contributed by atoms with Crippen LogP contribution in [0.25, 0.3) is 11.3 Å². The zero-order valence-electron chi connectivity index (χ0n) is 16.1. The topological polar surface area (TPSA) is 63.8 Å². The van der Waals surface area contributed by atoms with Crippen molar-refractivity contribution in [1.82, 2.24) is 19.7 Å². The van der Waals surface area contributed by atoms with Gasteiger partial charge in [0, 0.05) is 37.1 Å². The van der Waals surface area contributed by atoms with Crippen molar-refractivity contribution in [1.29, 1.82) is 0 Å². The van der Waals surface area contributed by atoms with Crippen LogP contribution in [0, 0.1) is 18.7 Å². The SMILES string of the molecule is Cc1nn(CC(C)C)cc1Cc1nccnc1-c1ccc(F)cc1[C@@H](C)O. The molecule has 0 aliphatic heterocycles. The molecule has 6 heteroatoms. The molecule has 27 heavy (non-hydrogen) atoms. The van der Waals surface area contributed by atoms with Crippen LogP contribution < -0.4 is 0 Å². The first kappa shape index (κ1) is 19.2. The Bertz CT molecular complexity index is 934. The van der Waals surface area contributed by atoms with Gasteiger partial charge in [0.2, 0.25) is 0 Å². The van der Waals surface area contributed by atoms with Crippen molar-refractivity contribution in [3.05, 3.63) is 65.1 Å². The summed E-state index contributed by atoms with van der Waals surface area (Å²) in [5.74, 6) is 0.128. The molecule has 0 saturated carbocycles. The van der Waals surface area contributed by atoms with E-state index < -0.39 is 6.10 Å². The summed E-state index contributed by atoms with van der Waals surface area (Å²) >= 11 is 0. The first-order valence-electron chi connectivity index (χ1n) is 9.15. The number of hydrogen-bond acceptors (Lipinski definition) is 4. The fourth-order valence-corrected chi connectivity index (χ4v) is 3.20. The van der Waals surface area contributed by atoms with Crippen LogP contribution >= 0.6 is 0 Å². The van der Waals surface area contributed by atoms with Crippen LogP contribution in [0.1, 0.15) is 49.4 Å². The van der Waals surface area contributed by atoms with Gasteiger partial charge < -0.3 is 5.11 Å². The molecule has 1 atom stereocenters. The molecule has 0 unspecified atom stereocenters. The van der Waals surface area contributed by atoms with E-state index in [2.05, 4.69) is 28.9 Å². The third-order valence-corrected chi connectivity index (χ3v) is 4.45. The van der Waals surface area contributed by atoms with Gasteiger partial charge in [-0.05, 0) is 49.1 Å². The number of rotatable bonds is 6. The molecule has 2 heterocycles. The number of halogens is 1. The van der Waals surface area contributed by atoms with E-state index in [1.54, 1.807) is 25.4 Å². The molecule has 142 valence electrons. The number of aliphatic hydroxyl groups is 1. The monoisotopic (exact) mass is 368 g/mol. The van der Waals surface area contributed by atoms with Crippen LogP contribution in [0.3, 0.4) is 0 Å². The Morgan fingerprint density at radius 1 is 1.15 bits per heavy atom. The molecule has 3 aromatic rings. The van der Waals surface area contributed by atoms with Crippen molar-refractivity contribution in [2.24, 2.45) is 5.92 Å². The van der Waals surface area contributed by atoms with Crippen LogP contribution in [0.4, 0.5) is 4.39 Å². The van der Waals surface area contributed by atoms with E-state index in [4.69, 9.17) is 0 Å². The van der Waals surface area contributed by atoms with E-state index in [1.165, 1.54) is 12.1 Å². The standard InChI is InChI=1S/C21H25FN4O/c1-13(2)11-26-12-16(14(3)25-26)9-20-21(24-8-7-23-20)18-6-5-17(22)10-19(18)15(4)27/h5-8,10,12-13,15,27H,9,11H2,1-4H3/t15-/m1/s1. The summed E-state index contributed by atoms with van der Waals surface area (Å²) in [6.07, 6.45) is 5.08. The van der Waals surface area contributed by atoms with Gasteiger partial charge in [-0.25, -0.2) is 4.39 Å². The lowest BCUT2D eigenvalue weighted by Crippen LogP contribution is -2.04. The summed E-state index contributed by atoms with van der Waals surface area (Å²) < 4.78 is 15.6. The molecular weight excluding hydrogens is 343 g/mol. The lowest BCUT2D eigenvalue weighted by atomic mass is 9.97. The average Bonchev–Trinajstić information content (AvgIpc) is 2.94. The zero-order valence-corrected chi connectivity index (χ0v) is 16.1. The minimum Gasteiger partial charge on any atom is -0.389 e. The Balaban J connectivity index is 2.00. The molecule has 3 rings (SSSR count). The van der Waals surface area contributed by atoms with Crippen LogP contribution in [0.15, 0.2) is 36.8 Å². The van der Waals surface area contributed by atoms with Crippen molar-refractivity contribution in [2.45, 2.75) is 46.8 Å². The molecule has 0 bridgehead atoms. The maximum absolute atomic E-state index is 13.7. The highest BCUT2D eigenvalue weighted by Gasteiger charge is 2.17. The van der Waals surface area contributed by atoms with E-state index >= 15 is 0 Å². The van der Waals surface area contributed by atoms with E-state index in [-0.39, 0.29) is 5.82 Å². The smallest absolute Gasteiger partial charge is 0.123 e. The molecule has 0 radical (unpaired) electrons. The largest absolute Gasteiger partial charge is 0.389 e. The van der Waals surface area contributed by atoms with Crippen LogP contribution in [0.5, 0.6) is 0 Å². The highest BCUT2D eigenvalue weighted by atomic mass is 19.1. The van der Waals surface area contributed by atoms with Crippen LogP contribution in [-0.4, -0.2) is 24.9 Å². The molecule has 5 nitrogen and oxygen atoms in total. The molecule has 0 aliphatic carbocycles. The molecule has 0 spiro atoms. The van der Waals surface area contributed by atoms with Crippen LogP contribution in [-0.2, 0) is 13.0 Å². The molecule has 0 amide bonds. The van der Waals surface area contributed by atoms with Crippen LogP contribution in [0.2, 0.25) is 0 Å². The van der Waals surface area contributed by atoms with Gasteiger partial charge >= 0.3 is 0 Å². The van der Waals surface area contributed by atoms with Gasteiger partial charge in [-0.3, -0.25) is 14.6 Å². The van der Waals surface area contributed by atoms with Gasteiger partial charge in [-0.1, -0.05) is 13.8 Å². The molecular formula is C21H25FN4O. The van der Waals surface area contributed by atoms with Gasteiger partial charge in [0.1, 0.15) is 5.82 Å². The van der Waals surface area contributed by atoms with Crippen molar-refractivity contribution in [2.75, 3.05) is 0 Å². The van der Waals surface area contributed by atoms with E-state index in [0.717, 1.165) is 23.5 Å². The Kier molecular flexibility index (Phi) is 5.65. The fourth-order valence-electron chi connectivity index (χ4n) is 3.20. The van der Waals surface area contributed by atoms with Gasteiger partial charge in [0.05, 0.1) is 23.2 Å². The fraction of sp³-hybridized carbons (Fsp3) is 0.381. The minimum atomic E-state index is -0.805. The quantitative estimate of drug-likeness (QED) is 0.712. The maximum Gasteiger partial charge on any atom is 0.123 e. The molecule has 2 aromatic heterocycles. The third-order valence-electron chi connectivity index (χ3n) is 4.45. The highest BCUT2D eigenvalue weighted by molar-refractivity contribution is 5.66. The van der Waals surface area contributed by atoms with Gasteiger partial charge in [0.25, 0.3) is 0 Å². The number of hydrogen-bond donors (Lipinski definition) is 1. The second-order valence-corrected chi connectivity index (χ2v) is 7.29. The Hall–Kier alpha value is -2.60. The number of benzene rings is 1. The Morgan fingerprint density at radius 2 is 1.89 bits per heavy atom. The molecule has 0 saturated heterocycles. The van der Waals surface area contributed by atoms with Crippen molar-refractivity contribution in [3.63, 3.8) is 0 Å². The molecule has 1 aromatic carbocycles. The van der Waals surface area contributed by atoms with Crippen molar-refractivity contribution < 1.29 is 9.50 Å². The van der Waals surface area contributed by atoms with Gasteiger partial charge in [0.15, 0.2) is 0 Å². The molecule has 0 fully saturated rings. The Labute approximate surface area is 158 Å². The van der Waals surface area contributed by atoms with E-state index in [9.17, 15) is 9.50 Å². The zero-order chi connectivity index (χ0) is 19.6. The molecule has 1 N–H and O–H groups in total. The van der Waals surface area contributed by atoms with Gasteiger partial charge in [-0.2, -0.15) is 5.10 Å². The summed E-state index contributed by atoms with van der Waals surface area (Å²) in [5.41, 5.74) is 4.67. The second kappa shape index (κ2) is 7.96. The third kappa shape index (κ3) is 4.39. The van der Waals surface area contributed by atoms with E-state index in [1.807, 2.05) is 17.8 Å². The summed E-state index contributed by atoms with van der Waals surface area (Å²) in [6.45, 7) is 8.78. The summed E-state index contributed by atoms with van der Waals surface area (Å²) in [7, 11) is 0. The average molecular weight is 368 g/mol. The minimum absolute atomic E-state index is 0.383. The first-order valence-corrected chi connectivity index (χ1v) is 9.15. The van der Waals surface area contributed by atoms with Crippen molar-refractivity contribution >= 4 is 0 Å². The van der Waals surface area contributed by atoms with Crippen molar-refractivity contribution in [3.8, 4) is 11.3 Å². The lowest BCUT2D eigenvalue weighted by molar-refractivity contribution is 0.199. The summed E-state index contributed by atoms with van der Waals surface area (Å²) in [4.78, 5) is 8.99. The molecule has 0 aliphatic rings. The highest BCUT2D eigenvalue weighted by Crippen LogP contribution is 2.30. The predicted molar refractivity (Wildman–Crippen MR) is 103 cm³/mol. The number of aliphatic hydroxyl groups excluding tert-OH is 1. The number of aromatic nitrogens is 4. The normalized spacial score (nSPS) is 12.6. The van der Waals surface area contributed by atoms with Gasteiger partial charge in [-0.15, -0.1) is 0 Å². The maximum atomic E-state index is 13.7. The predicted octanol–water partition coefficient (Wildman–Crippen LogP) is 4.09.